The lowest BCUT2D eigenvalue weighted by Crippen LogP contribution is -2.29. The van der Waals surface area contributed by atoms with Gasteiger partial charge in [-0.25, -0.2) is 9.97 Å². The molecule has 0 radical (unpaired) electrons. The van der Waals surface area contributed by atoms with Gasteiger partial charge in [-0.1, -0.05) is 13.8 Å². The minimum Gasteiger partial charge on any atom is -0.381 e. The first-order chi connectivity index (χ1) is 16.0. The molecule has 5 heterocycles. The van der Waals surface area contributed by atoms with Crippen LogP contribution in [0.3, 0.4) is 0 Å². The Morgan fingerprint density at radius 2 is 1.79 bits per heavy atom. The van der Waals surface area contributed by atoms with Crippen molar-refractivity contribution in [1.82, 2.24) is 24.6 Å². The fourth-order valence-corrected chi connectivity index (χ4v) is 4.83. The van der Waals surface area contributed by atoms with E-state index in [9.17, 15) is 0 Å². The van der Waals surface area contributed by atoms with Gasteiger partial charge >= 0.3 is 0 Å². The van der Waals surface area contributed by atoms with Crippen molar-refractivity contribution in [3.8, 4) is 11.4 Å². The van der Waals surface area contributed by atoms with Crippen molar-refractivity contribution >= 4 is 17.3 Å². The number of anilines is 2. The third kappa shape index (κ3) is 4.67. The average Bonchev–Trinajstić information content (AvgIpc) is 3.46. The molecule has 0 aliphatic carbocycles. The van der Waals surface area contributed by atoms with E-state index in [-0.39, 0.29) is 0 Å². The van der Waals surface area contributed by atoms with E-state index in [1.54, 1.807) is 0 Å². The molecule has 1 N–H and O–H groups in total. The summed E-state index contributed by atoms with van der Waals surface area (Å²) < 4.78 is 7.49. The normalized spacial score (nSPS) is 17.4. The SMILES string of the molecule is Cc1nc(C)c(-c2cc3nc(N4CCCC4)cc(NC4CCOCC4)n3n2)nc1CC(C)C. The third-order valence-electron chi connectivity index (χ3n) is 6.60. The van der Waals surface area contributed by atoms with E-state index < -0.39 is 0 Å². The van der Waals surface area contributed by atoms with E-state index in [1.165, 1.54) is 12.8 Å². The lowest BCUT2D eigenvalue weighted by Gasteiger charge is -2.25. The Hall–Kier alpha value is -2.74. The maximum absolute atomic E-state index is 5.55. The van der Waals surface area contributed by atoms with E-state index >= 15 is 0 Å². The Bertz CT molecular complexity index is 1130. The fourth-order valence-electron chi connectivity index (χ4n) is 4.83. The summed E-state index contributed by atoms with van der Waals surface area (Å²) >= 11 is 0. The second kappa shape index (κ2) is 9.25. The van der Waals surface area contributed by atoms with Gasteiger partial charge in [0, 0.05) is 44.5 Å². The predicted molar refractivity (Wildman–Crippen MR) is 131 cm³/mol. The number of hydrogen-bond donors (Lipinski definition) is 1. The molecule has 2 aliphatic rings. The van der Waals surface area contributed by atoms with Gasteiger partial charge in [-0.05, 0) is 51.9 Å². The zero-order valence-corrected chi connectivity index (χ0v) is 20.3. The number of fused-ring (bicyclic) bond motifs is 1. The number of rotatable bonds is 6. The van der Waals surface area contributed by atoms with Crippen molar-refractivity contribution in [2.75, 3.05) is 36.5 Å². The number of nitrogens with zero attached hydrogens (tertiary/aromatic N) is 6. The van der Waals surface area contributed by atoms with Gasteiger partial charge in [0.25, 0.3) is 0 Å². The van der Waals surface area contributed by atoms with Crippen LogP contribution in [-0.4, -0.2) is 56.9 Å². The monoisotopic (exact) mass is 449 g/mol. The molecule has 3 aromatic heterocycles. The fraction of sp³-hybridized carbons (Fsp3) is 0.600. The van der Waals surface area contributed by atoms with Crippen LogP contribution < -0.4 is 10.2 Å². The van der Waals surface area contributed by atoms with Crippen LogP contribution in [0.5, 0.6) is 0 Å². The van der Waals surface area contributed by atoms with Gasteiger partial charge in [0.2, 0.25) is 0 Å². The minimum absolute atomic E-state index is 0.377. The maximum Gasteiger partial charge on any atom is 0.160 e. The third-order valence-corrected chi connectivity index (χ3v) is 6.60. The van der Waals surface area contributed by atoms with Crippen LogP contribution in [-0.2, 0) is 11.2 Å². The molecule has 0 aromatic carbocycles. The molecule has 2 aliphatic heterocycles. The molecule has 176 valence electrons. The summed E-state index contributed by atoms with van der Waals surface area (Å²) in [5.74, 6) is 2.53. The van der Waals surface area contributed by atoms with E-state index in [0.717, 1.165) is 91.3 Å². The van der Waals surface area contributed by atoms with Crippen LogP contribution in [0.1, 0.15) is 56.6 Å². The Balaban J connectivity index is 1.58. The highest BCUT2D eigenvalue weighted by molar-refractivity contribution is 5.67. The summed E-state index contributed by atoms with van der Waals surface area (Å²) in [7, 11) is 0. The molecular formula is C25H35N7O. The summed E-state index contributed by atoms with van der Waals surface area (Å²) in [5.41, 5.74) is 5.48. The van der Waals surface area contributed by atoms with Crippen molar-refractivity contribution in [3.63, 3.8) is 0 Å². The molecule has 2 fully saturated rings. The highest BCUT2D eigenvalue weighted by atomic mass is 16.5. The largest absolute Gasteiger partial charge is 0.381 e. The summed E-state index contributed by atoms with van der Waals surface area (Å²) in [4.78, 5) is 17.2. The molecular weight excluding hydrogens is 414 g/mol. The Morgan fingerprint density at radius 3 is 2.52 bits per heavy atom. The molecule has 0 atom stereocenters. The van der Waals surface area contributed by atoms with Gasteiger partial charge < -0.3 is 15.0 Å². The van der Waals surface area contributed by atoms with Crippen molar-refractivity contribution in [2.24, 2.45) is 5.92 Å². The molecule has 0 unspecified atom stereocenters. The van der Waals surface area contributed by atoms with E-state index in [2.05, 4.69) is 36.2 Å². The Labute approximate surface area is 195 Å². The van der Waals surface area contributed by atoms with Gasteiger partial charge in [-0.2, -0.15) is 9.61 Å². The zero-order valence-electron chi connectivity index (χ0n) is 20.3. The molecule has 0 amide bonds. The lowest BCUT2D eigenvalue weighted by atomic mass is 10.1. The second-order valence-electron chi connectivity index (χ2n) is 9.81. The van der Waals surface area contributed by atoms with Gasteiger partial charge in [-0.15, -0.1) is 0 Å². The molecule has 2 saturated heterocycles. The first-order valence-corrected chi connectivity index (χ1v) is 12.3. The molecule has 8 nitrogen and oxygen atoms in total. The molecule has 5 rings (SSSR count). The Morgan fingerprint density at radius 1 is 1.03 bits per heavy atom. The highest BCUT2D eigenvalue weighted by Crippen LogP contribution is 2.28. The minimum atomic E-state index is 0.377. The van der Waals surface area contributed by atoms with Gasteiger partial charge in [0.05, 0.1) is 17.1 Å². The first kappa shape index (κ1) is 22.1. The quantitative estimate of drug-likeness (QED) is 0.604. The number of ether oxygens (including phenoxy) is 1. The topological polar surface area (TPSA) is 80.5 Å². The average molecular weight is 450 g/mol. The summed E-state index contributed by atoms with van der Waals surface area (Å²) in [6.07, 6.45) is 5.34. The van der Waals surface area contributed by atoms with E-state index in [0.29, 0.717) is 12.0 Å². The van der Waals surface area contributed by atoms with Crippen LogP contribution in [0.2, 0.25) is 0 Å². The standard InChI is InChI=1S/C25H35N7O/c1-16(2)13-20-17(3)26-18(4)25(28-20)21-14-23-29-22(31-9-5-6-10-31)15-24(32(23)30-21)27-19-7-11-33-12-8-19/h14-16,19,27H,5-13H2,1-4H3. The number of aromatic nitrogens is 5. The first-order valence-electron chi connectivity index (χ1n) is 12.3. The van der Waals surface area contributed by atoms with Crippen LogP contribution in [0.15, 0.2) is 12.1 Å². The maximum atomic E-state index is 5.55. The number of nitrogens with one attached hydrogen (secondary N) is 1. The lowest BCUT2D eigenvalue weighted by molar-refractivity contribution is 0.0903. The summed E-state index contributed by atoms with van der Waals surface area (Å²) in [6, 6.07) is 4.59. The molecule has 33 heavy (non-hydrogen) atoms. The molecule has 0 bridgehead atoms. The second-order valence-corrected chi connectivity index (χ2v) is 9.81. The zero-order chi connectivity index (χ0) is 22.9. The van der Waals surface area contributed by atoms with Gasteiger partial charge in [-0.3, -0.25) is 4.98 Å². The number of hydrogen-bond acceptors (Lipinski definition) is 7. The van der Waals surface area contributed by atoms with Crippen LogP contribution in [0.4, 0.5) is 11.6 Å². The van der Waals surface area contributed by atoms with E-state index in [1.807, 2.05) is 18.4 Å². The van der Waals surface area contributed by atoms with E-state index in [4.69, 9.17) is 24.8 Å². The smallest absolute Gasteiger partial charge is 0.160 e. The van der Waals surface area contributed by atoms with Crippen LogP contribution in [0, 0.1) is 19.8 Å². The molecule has 8 heteroatoms. The van der Waals surface area contributed by atoms with Crippen molar-refractivity contribution in [3.05, 3.63) is 29.2 Å². The van der Waals surface area contributed by atoms with Crippen molar-refractivity contribution in [1.29, 1.82) is 0 Å². The predicted octanol–water partition coefficient (Wildman–Crippen LogP) is 4.19. The van der Waals surface area contributed by atoms with Crippen LogP contribution >= 0.6 is 0 Å². The molecule has 3 aromatic rings. The Kier molecular flexibility index (Phi) is 6.19. The van der Waals surface area contributed by atoms with Crippen molar-refractivity contribution in [2.45, 2.75) is 65.8 Å². The molecule has 0 saturated carbocycles. The highest BCUT2D eigenvalue weighted by Gasteiger charge is 2.22. The summed E-state index contributed by atoms with van der Waals surface area (Å²) in [5, 5.41) is 8.70. The number of aryl methyl sites for hydroxylation is 2. The summed E-state index contributed by atoms with van der Waals surface area (Å²) in [6.45, 7) is 12.2. The van der Waals surface area contributed by atoms with Crippen molar-refractivity contribution < 1.29 is 4.74 Å². The van der Waals surface area contributed by atoms with Gasteiger partial charge in [0.1, 0.15) is 23.0 Å². The van der Waals surface area contributed by atoms with Crippen LogP contribution in [0.25, 0.3) is 17.0 Å². The molecule has 0 spiro atoms. The van der Waals surface area contributed by atoms with Gasteiger partial charge in [0.15, 0.2) is 5.65 Å².